The molecule has 1 fully saturated rings. The SMILES string of the molecule is CC1(C(=O)O)CCCN1C(=O)c1ccc(-c2ccc(F)cc2)s1. The number of benzene rings is 1. The molecule has 1 amide bonds. The number of halogens is 1. The van der Waals surface area contributed by atoms with Crippen LogP contribution in [0.4, 0.5) is 4.39 Å². The van der Waals surface area contributed by atoms with Crippen LogP contribution >= 0.6 is 11.3 Å². The smallest absolute Gasteiger partial charge is 0.329 e. The Kier molecular flexibility index (Phi) is 3.93. The lowest BCUT2D eigenvalue weighted by Crippen LogP contribution is -2.50. The van der Waals surface area contributed by atoms with E-state index in [4.69, 9.17) is 0 Å². The summed E-state index contributed by atoms with van der Waals surface area (Å²) in [5.74, 6) is -1.54. The zero-order chi connectivity index (χ0) is 16.6. The Hall–Kier alpha value is -2.21. The van der Waals surface area contributed by atoms with Crippen molar-refractivity contribution in [2.24, 2.45) is 0 Å². The molecule has 1 atom stereocenters. The van der Waals surface area contributed by atoms with Gasteiger partial charge in [-0.1, -0.05) is 12.1 Å². The van der Waals surface area contributed by atoms with Crippen LogP contribution in [-0.2, 0) is 4.79 Å². The minimum Gasteiger partial charge on any atom is -0.480 e. The van der Waals surface area contributed by atoms with Gasteiger partial charge in [0.2, 0.25) is 0 Å². The summed E-state index contributed by atoms with van der Waals surface area (Å²) in [6.45, 7) is 2.04. The predicted octanol–water partition coefficient (Wildman–Crippen LogP) is 3.63. The molecule has 1 aliphatic rings. The highest BCUT2D eigenvalue weighted by Crippen LogP contribution is 2.34. The molecule has 1 unspecified atom stereocenters. The van der Waals surface area contributed by atoms with Crippen molar-refractivity contribution in [3.05, 3.63) is 47.1 Å². The zero-order valence-corrected chi connectivity index (χ0v) is 13.4. The Bertz CT molecular complexity index is 755. The van der Waals surface area contributed by atoms with Gasteiger partial charge in [-0.15, -0.1) is 11.3 Å². The van der Waals surface area contributed by atoms with E-state index >= 15 is 0 Å². The average Bonchev–Trinajstić information content (AvgIpc) is 3.15. The third kappa shape index (κ3) is 2.74. The molecule has 0 spiro atoms. The maximum atomic E-state index is 13.0. The number of carboxylic acids is 1. The second kappa shape index (κ2) is 5.77. The minimum absolute atomic E-state index is 0.259. The van der Waals surface area contributed by atoms with Crippen molar-refractivity contribution in [3.63, 3.8) is 0 Å². The molecule has 2 aromatic rings. The molecular formula is C17H16FNO3S. The van der Waals surface area contributed by atoms with E-state index in [1.807, 2.05) is 0 Å². The Morgan fingerprint density at radius 1 is 1.22 bits per heavy atom. The van der Waals surface area contributed by atoms with Crippen LogP contribution in [0.1, 0.15) is 29.4 Å². The molecule has 6 heteroatoms. The molecule has 1 aliphatic heterocycles. The van der Waals surface area contributed by atoms with Crippen molar-refractivity contribution < 1.29 is 19.1 Å². The summed E-state index contributed by atoms with van der Waals surface area (Å²) in [6.07, 6.45) is 1.15. The van der Waals surface area contributed by atoms with Gasteiger partial charge in [0, 0.05) is 11.4 Å². The highest BCUT2D eigenvalue weighted by Gasteiger charge is 2.46. The van der Waals surface area contributed by atoms with Crippen molar-refractivity contribution in [3.8, 4) is 10.4 Å². The second-order valence-corrected chi connectivity index (χ2v) is 6.89. The number of nitrogens with zero attached hydrogens (tertiary/aromatic N) is 1. The fourth-order valence-corrected chi connectivity index (χ4v) is 3.83. The molecular weight excluding hydrogens is 317 g/mol. The highest BCUT2D eigenvalue weighted by atomic mass is 32.1. The summed E-state index contributed by atoms with van der Waals surface area (Å²) < 4.78 is 13.0. The molecule has 0 aliphatic carbocycles. The highest BCUT2D eigenvalue weighted by molar-refractivity contribution is 7.17. The van der Waals surface area contributed by atoms with Crippen LogP contribution in [0, 0.1) is 5.82 Å². The van der Waals surface area contributed by atoms with Gasteiger partial charge in [-0.2, -0.15) is 0 Å². The molecule has 1 aromatic carbocycles. The third-order valence-corrected chi connectivity index (χ3v) is 5.41. The summed E-state index contributed by atoms with van der Waals surface area (Å²) >= 11 is 1.29. The number of rotatable bonds is 3. The van der Waals surface area contributed by atoms with Gasteiger partial charge in [0.1, 0.15) is 11.4 Å². The average molecular weight is 333 g/mol. The Morgan fingerprint density at radius 3 is 2.57 bits per heavy atom. The van der Waals surface area contributed by atoms with E-state index in [2.05, 4.69) is 0 Å². The lowest BCUT2D eigenvalue weighted by Gasteiger charge is -2.30. The van der Waals surface area contributed by atoms with Gasteiger partial charge >= 0.3 is 5.97 Å². The first-order chi connectivity index (χ1) is 10.9. The maximum absolute atomic E-state index is 13.0. The van der Waals surface area contributed by atoms with E-state index < -0.39 is 11.5 Å². The summed E-state index contributed by atoms with van der Waals surface area (Å²) in [4.78, 5) is 27.0. The maximum Gasteiger partial charge on any atom is 0.329 e. The van der Waals surface area contributed by atoms with Gasteiger partial charge in [0.15, 0.2) is 0 Å². The fourth-order valence-electron chi connectivity index (χ4n) is 2.87. The van der Waals surface area contributed by atoms with E-state index in [1.165, 1.54) is 28.4 Å². The molecule has 0 saturated carbocycles. The van der Waals surface area contributed by atoms with Gasteiger partial charge in [0.25, 0.3) is 5.91 Å². The number of carbonyl (C=O) groups excluding carboxylic acids is 1. The summed E-state index contributed by atoms with van der Waals surface area (Å²) in [5, 5.41) is 9.42. The Morgan fingerprint density at radius 2 is 1.91 bits per heavy atom. The first kappa shape index (κ1) is 15.7. The lowest BCUT2D eigenvalue weighted by atomic mass is 9.99. The lowest BCUT2D eigenvalue weighted by molar-refractivity contribution is -0.147. The second-order valence-electron chi connectivity index (χ2n) is 5.81. The van der Waals surface area contributed by atoms with Gasteiger partial charge in [0.05, 0.1) is 4.88 Å². The monoisotopic (exact) mass is 333 g/mol. The summed E-state index contributed by atoms with van der Waals surface area (Å²) in [7, 11) is 0. The van der Waals surface area contributed by atoms with Gasteiger partial charge in [-0.3, -0.25) is 4.79 Å². The van der Waals surface area contributed by atoms with Gasteiger partial charge in [-0.05, 0) is 49.6 Å². The standard InChI is InChI=1S/C17H16FNO3S/c1-17(16(21)22)9-2-10-19(17)15(20)14-8-7-13(23-14)11-3-5-12(18)6-4-11/h3-8H,2,9-10H2,1H3,(H,21,22). The molecule has 4 nitrogen and oxygen atoms in total. The molecule has 0 radical (unpaired) electrons. The van der Waals surface area contributed by atoms with Crippen molar-refractivity contribution in [1.29, 1.82) is 0 Å². The van der Waals surface area contributed by atoms with Crippen LogP contribution in [0.5, 0.6) is 0 Å². The molecule has 1 aromatic heterocycles. The number of amides is 1. The van der Waals surface area contributed by atoms with E-state index in [1.54, 1.807) is 31.2 Å². The van der Waals surface area contributed by atoms with Crippen molar-refractivity contribution in [1.82, 2.24) is 4.90 Å². The number of aliphatic carboxylic acids is 1. The van der Waals surface area contributed by atoms with Gasteiger partial charge in [-0.25, -0.2) is 9.18 Å². The van der Waals surface area contributed by atoms with E-state index in [0.29, 0.717) is 24.3 Å². The number of likely N-dealkylation sites (tertiary alicyclic amines) is 1. The molecule has 23 heavy (non-hydrogen) atoms. The third-order valence-electron chi connectivity index (χ3n) is 4.29. The molecule has 1 N–H and O–H groups in total. The topological polar surface area (TPSA) is 57.6 Å². The van der Waals surface area contributed by atoms with Crippen molar-refractivity contribution >= 4 is 23.2 Å². The van der Waals surface area contributed by atoms with E-state index in [0.717, 1.165) is 10.4 Å². The van der Waals surface area contributed by atoms with Crippen LogP contribution in [0.15, 0.2) is 36.4 Å². The fraction of sp³-hybridized carbons (Fsp3) is 0.294. The molecule has 0 bridgehead atoms. The largest absolute Gasteiger partial charge is 0.480 e. The van der Waals surface area contributed by atoms with E-state index in [-0.39, 0.29) is 11.7 Å². The van der Waals surface area contributed by atoms with Crippen molar-refractivity contribution in [2.45, 2.75) is 25.3 Å². The van der Waals surface area contributed by atoms with Crippen LogP contribution in [0.2, 0.25) is 0 Å². The normalized spacial score (nSPS) is 20.7. The minimum atomic E-state index is -1.14. The Balaban J connectivity index is 1.87. The first-order valence-corrected chi connectivity index (χ1v) is 8.14. The quantitative estimate of drug-likeness (QED) is 0.933. The number of carbonyl (C=O) groups is 2. The number of hydrogen-bond donors (Lipinski definition) is 1. The molecule has 2 heterocycles. The van der Waals surface area contributed by atoms with Crippen LogP contribution in [-0.4, -0.2) is 34.0 Å². The predicted molar refractivity (Wildman–Crippen MR) is 86.0 cm³/mol. The van der Waals surface area contributed by atoms with Crippen LogP contribution < -0.4 is 0 Å². The number of thiophene rings is 1. The van der Waals surface area contributed by atoms with Crippen LogP contribution in [0.25, 0.3) is 10.4 Å². The van der Waals surface area contributed by atoms with E-state index in [9.17, 15) is 19.1 Å². The molecule has 120 valence electrons. The van der Waals surface area contributed by atoms with Crippen LogP contribution in [0.3, 0.4) is 0 Å². The van der Waals surface area contributed by atoms with Crippen molar-refractivity contribution in [2.75, 3.05) is 6.54 Å². The number of hydrogen-bond acceptors (Lipinski definition) is 3. The summed E-state index contributed by atoms with van der Waals surface area (Å²) in [5.41, 5.74) is -0.310. The molecule has 1 saturated heterocycles. The Labute approximate surface area is 137 Å². The summed E-state index contributed by atoms with van der Waals surface area (Å²) in [6, 6.07) is 9.57. The van der Waals surface area contributed by atoms with Gasteiger partial charge < -0.3 is 10.0 Å². The zero-order valence-electron chi connectivity index (χ0n) is 12.6. The molecule has 3 rings (SSSR count). The number of carboxylic acid groups (broad SMARTS) is 1. The first-order valence-electron chi connectivity index (χ1n) is 7.33.